The number of hydrogen-bond acceptors (Lipinski definition) is 3. The summed E-state index contributed by atoms with van der Waals surface area (Å²) in [5.41, 5.74) is 1.48. The van der Waals surface area contributed by atoms with Gasteiger partial charge in [0.05, 0.1) is 17.2 Å². The van der Waals surface area contributed by atoms with E-state index in [4.69, 9.17) is 9.68 Å². The zero-order valence-corrected chi connectivity index (χ0v) is 8.73. The minimum atomic E-state index is -0.357. The highest BCUT2D eigenvalue weighted by Gasteiger charge is 2.04. The van der Waals surface area contributed by atoms with Crippen LogP contribution >= 0.6 is 0 Å². The molecule has 1 aromatic carbocycles. The normalized spacial score (nSPS) is 9.75. The summed E-state index contributed by atoms with van der Waals surface area (Å²) in [6.45, 7) is 1.73. The largest absolute Gasteiger partial charge is 0.428 e. The van der Waals surface area contributed by atoms with Gasteiger partial charge in [-0.15, -0.1) is 0 Å². The van der Waals surface area contributed by atoms with Crippen LogP contribution in [0.25, 0.3) is 11.1 Å². The molecule has 0 atom stereocenters. The summed E-state index contributed by atoms with van der Waals surface area (Å²) in [5.74, 6) is 0.586. The van der Waals surface area contributed by atoms with Crippen molar-refractivity contribution in [2.75, 3.05) is 0 Å². The van der Waals surface area contributed by atoms with E-state index in [1.54, 1.807) is 43.3 Å². The van der Waals surface area contributed by atoms with E-state index in [0.29, 0.717) is 16.9 Å². The van der Waals surface area contributed by atoms with Crippen LogP contribution in [0.4, 0.5) is 0 Å². The molecule has 0 unspecified atom stereocenters. The maximum atomic E-state index is 11.6. The predicted octanol–water partition coefficient (Wildman–Crippen LogP) is 2.49. The van der Waals surface area contributed by atoms with Gasteiger partial charge in [-0.3, -0.25) is 0 Å². The third-order valence-corrected chi connectivity index (χ3v) is 2.28. The zero-order chi connectivity index (χ0) is 11.5. The van der Waals surface area contributed by atoms with Gasteiger partial charge in [0.15, 0.2) is 0 Å². The van der Waals surface area contributed by atoms with Gasteiger partial charge in [0, 0.05) is 0 Å². The van der Waals surface area contributed by atoms with Crippen LogP contribution in [0, 0.1) is 18.3 Å². The molecule has 3 heteroatoms. The molecule has 0 amide bonds. The fourth-order valence-corrected chi connectivity index (χ4v) is 1.44. The molecule has 0 saturated carbocycles. The highest BCUT2D eigenvalue weighted by Crippen LogP contribution is 2.16. The summed E-state index contributed by atoms with van der Waals surface area (Å²) in [4.78, 5) is 11.6. The third-order valence-electron chi connectivity index (χ3n) is 2.28. The second kappa shape index (κ2) is 4.03. The van der Waals surface area contributed by atoms with Gasteiger partial charge in [-0.1, -0.05) is 12.1 Å². The van der Waals surface area contributed by atoms with Crippen LogP contribution < -0.4 is 5.63 Å². The van der Waals surface area contributed by atoms with E-state index >= 15 is 0 Å². The monoisotopic (exact) mass is 211 g/mol. The van der Waals surface area contributed by atoms with E-state index in [-0.39, 0.29) is 5.63 Å². The molecule has 0 aliphatic rings. The topological polar surface area (TPSA) is 54.0 Å². The molecule has 0 aliphatic carbocycles. The Morgan fingerprint density at radius 1 is 1.12 bits per heavy atom. The first-order chi connectivity index (χ1) is 7.70. The lowest BCUT2D eigenvalue weighted by Gasteiger charge is -2.00. The minimum Gasteiger partial charge on any atom is -0.428 e. The van der Waals surface area contributed by atoms with E-state index in [1.807, 2.05) is 6.07 Å². The second-order valence-electron chi connectivity index (χ2n) is 3.44. The summed E-state index contributed by atoms with van der Waals surface area (Å²) < 4.78 is 5.00. The fourth-order valence-electron chi connectivity index (χ4n) is 1.44. The number of benzene rings is 1. The van der Waals surface area contributed by atoms with E-state index in [9.17, 15) is 4.79 Å². The Hall–Kier alpha value is -2.34. The lowest BCUT2D eigenvalue weighted by molar-refractivity contribution is 0.482. The van der Waals surface area contributed by atoms with Crippen LogP contribution in [0.1, 0.15) is 11.3 Å². The van der Waals surface area contributed by atoms with Gasteiger partial charge in [0.2, 0.25) is 0 Å². The summed E-state index contributed by atoms with van der Waals surface area (Å²) >= 11 is 0. The Balaban J connectivity index is 2.51. The van der Waals surface area contributed by atoms with Crippen LogP contribution in [-0.4, -0.2) is 0 Å². The molecule has 0 N–H and O–H groups in total. The van der Waals surface area contributed by atoms with Gasteiger partial charge in [0.25, 0.3) is 0 Å². The third kappa shape index (κ3) is 1.86. The van der Waals surface area contributed by atoms with Crippen LogP contribution in [0.3, 0.4) is 0 Å². The van der Waals surface area contributed by atoms with Gasteiger partial charge in [-0.05, 0) is 36.8 Å². The van der Waals surface area contributed by atoms with Crippen molar-refractivity contribution < 1.29 is 4.42 Å². The van der Waals surface area contributed by atoms with Crippen molar-refractivity contribution in [2.45, 2.75) is 6.92 Å². The zero-order valence-electron chi connectivity index (χ0n) is 8.73. The summed E-state index contributed by atoms with van der Waals surface area (Å²) in [6.07, 6.45) is 0. The summed E-state index contributed by atoms with van der Waals surface area (Å²) in [6, 6.07) is 12.3. The number of nitrogens with zero attached hydrogens (tertiary/aromatic N) is 1. The molecule has 0 radical (unpaired) electrons. The van der Waals surface area contributed by atoms with Crippen molar-refractivity contribution in [2.24, 2.45) is 0 Å². The van der Waals surface area contributed by atoms with E-state index in [0.717, 1.165) is 5.56 Å². The SMILES string of the molecule is Cc1ccc(-c2ccc(C#N)cc2)c(=O)o1. The molecule has 3 nitrogen and oxygen atoms in total. The maximum Gasteiger partial charge on any atom is 0.343 e. The molecular formula is C13H9NO2. The van der Waals surface area contributed by atoms with Gasteiger partial charge < -0.3 is 4.42 Å². The van der Waals surface area contributed by atoms with Crippen molar-refractivity contribution in [1.29, 1.82) is 5.26 Å². The van der Waals surface area contributed by atoms with Crippen LogP contribution in [0.5, 0.6) is 0 Å². The quantitative estimate of drug-likeness (QED) is 0.728. The van der Waals surface area contributed by atoms with Crippen LogP contribution in [0.15, 0.2) is 45.6 Å². The van der Waals surface area contributed by atoms with Crippen molar-refractivity contribution in [3.63, 3.8) is 0 Å². The molecular weight excluding hydrogens is 202 g/mol. The first-order valence-electron chi connectivity index (χ1n) is 4.82. The van der Waals surface area contributed by atoms with Crippen molar-refractivity contribution in [3.8, 4) is 17.2 Å². The Bertz CT molecular complexity index is 603. The first kappa shape index (κ1) is 10.2. The van der Waals surface area contributed by atoms with Crippen molar-refractivity contribution >= 4 is 0 Å². The highest BCUT2D eigenvalue weighted by atomic mass is 16.4. The molecule has 0 spiro atoms. The molecule has 2 rings (SSSR count). The van der Waals surface area contributed by atoms with Gasteiger partial charge in [-0.2, -0.15) is 5.26 Å². The molecule has 0 bridgehead atoms. The van der Waals surface area contributed by atoms with Gasteiger partial charge >= 0.3 is 5.63 Å². The van der Waals surface area contributed by atoms with E-state index in [2.05, 4.69) is 0 Å². The summed E-state index contributed by atoms with van der Waals surface area (Å²) in [7, 11) is 0. The lowest BCUT2D eigenvalue weighted by atomic mass is 10.1. The molecule has 2 aromatic rings. The number of aryl methyl sites for hydroxylation is 1. The first-order valence-corrected chi connectivity index (χ1v) is 4.82. The average Bonchev–Trinajstić information content (AvgIpc) is 2.29. The predicted molar refractivity (Wildman–Crippen MR) is 59.9 cm³/mol. The Kier molecular flexibility index (Phi) is 2.57. The smallest absolute Gasteiger partial charge is 0.343 e. The summed E-state index contributed by atoms with van der Waals surface area (Å²) in [5, 5.41) is 8.66. The Morgan fingerprint density at radius 3 is 2.38 bits per heavy atom. The second-order valence-corrected chi connectivity index (χ2v) is 3.44. The number of rotatable bonds is 1. The molecule has 0 fully saturated rings. The van der Waals surface area contributed by atoms with E-state index in [1.165, 1.54) is 0 Å². The Morgan fingerprint density at radius 2 is 1.81 bits per heavy atom. The molecule has 0 aliphatic heterocycles. The van der Waals surface area contributed by atoms with E-state index < -0.39 is 0 Å². The van der Waals surface area contributed by atoms with Gasteiger partial charge in [-0.25, -0.2) is 4.79 Å². The number of nitriles is 1. The minimum absolute atomic E-state index is 0.357. The van der Waals surface area contributed by atoms with Crippen molar-refractivity contribution in [3.05, 3.63) is 58.1 Å². The Labute approximate surface area is 92.6 Å². The molecule has 78 valence electrons. The van der Waals surface area contributed by atoms with Crippen LogP contribution in [-0.2, 0) is 0 Å². The standard InChI is InChI=1S/C13H9NO2/c1-9-2-7-12(13(15)16-9)11-5-3-10(8-14)4-6-11/h2-7H,1H3. The number of hydrogen-bond donors (Lipinski definition) is 0. The van der Waals surface area contributed by atoms with Gasteiger partial charge in [0.1, 0.15) is 5.76 Å². The molecule has 0 saturated heterocycles. The maximum absolute atomic E-state index is 11.6. The van der Waals surface area contributed by atoms with Crippen molar-refractivity contribution in [1.82, 2.24) is 0 Å². The highest BCUT2D eigenvalue weighted by molar-refractivity contribution is 5.62. The van der Waals surface area contributed by atoms with Crippen LogP contribution in [0.2, 0.25) is 0 Å². The molecule has 1 aromatic heterocycles. The lowest BCUT2D eigenvalue weighted by Crippen LogP contribution is -2.02. The average molecular weight is 211 g/mol. The fraction of sp³-hybridized carbons (Fsp3) is 0.0769. The molecule has 16 heavy (non-hydrogen) atoms. The molecule has 1 heterocycles.